The number of nitrogens with zero attached hydrogens (tertiary/aromatic N) is 3. The van der Waals surface area contributed by atoms with Crippen LogP contribution in [0.4, 0.5) is 0 Å². The molecule has 2 heterocycles. The van der Waals surface area contributed by atoms with Gasteiger partial charge in [-0.1, -0.05) is 47.6 Å². The molecule has 7 nitrogen and oxygen atoms in total. The van der Waals surface area contributed by atoms with Gasteiger partial charge in [-0.2, -0.15) is 4.98 Å². The number of rotatable bonds is 9. The zero-order valence-corrected chi connectivity index (χ0v) is 18.5. The van der Waals surface area contributed by atoms with Gasteiger partial charge in [-0.25, -0.2) is 0 Å². The topological polar surface area (TPSA) is 80.5 Å². The van der Waals surface area contributed by atoms with Crippen molar-refractivity contribution in [1.29, 1.82) is 0 Å². The average molecular weight is 435 g/mol. The van der Waals surface area contributed by atoms with Crippen LogP contribution < -0.4 is 10.1 Å². The first kappa shape index (κ1) is 22.0. The molecule has 1 aliphatic heterocycles. The minimum Gasteiger partial charge on any atom is -0.497 e. The molecule has 1 amide bonds. The van der Waals surface area contributed by atoms with Crippen molar-refractivity contribution in [3.05, 3.63) is 66.1 Å². The molecule has 0 bridgehead atoms. The van der Waals surface area contributed by atoms with Crippen LogP contribution >= 0.6 is 0 Å². The first-order chi connectivity index (χ1) is 15.7. The summed E-state index contributed by atoms with van der Waals surface area (Å²) < 4.78 is 10.6. The van der Waals surface area contributed by atoms with E-state index in [4.69, 9.17) is 9.26 Å². The van der Waals surface area contributed by atoms with E-state index >= 15 is 0 Å². The third-order valence-electron chi connectivity index (χ3n) is 5.92. The quantitative estimate of drug-likeness (QED) is 0.517. The second kappa shape index (κ2) is 10.9. The molecule has 7 heteroatoms. The Morgan fingerprint density at radius 1 is 1.12 bits per heavy atom. The lowest BCUT2D eigenvalue weighted by Crippen LogP contribution is -2.40. The smallest absolute Gasteiger partial charge is 0.241 e. The zero-order chi connectivity index (χ0) is 22.2. The first-order valence-corrected chi connectivity index (χ1v) is 11.2. The van der Waals surface area contributed by atoms with Gasteiger partial charge in [0.25, 0.3) is 0 Å². The van der Waals surface area contributed by atoms with E-state index in [9.17, 15) is 4.79 Å². The summed E-state index contributed by atoms with van der Waals surface area (Å²) in [4.78, 5) is 19.3. The largest absolute Gasteiger partial charge is 0.497 e. The Balaban J connectivity index is 1.15. The van der Waals surface area contributed by atoms with Crippen LogP contribution in [0.15, 0.2) is 59.1 Å². The van der Waals surface area contributed by atoms with Crippen LogP contribution in [0, 0.1) is 5.92 Å². The summed E-state index contributed by atoms with van der Waals surface area (Å²) in [5, 5.41) is 7.19. The fraction of sp³-hybridized carbons (Fsp3) is 0.400. The molecule has 4 rings (SSSR count). The average Bonchev–Trinajstić information content (AvgIpc) is 3.31. The summed E-state index contributed by atoms with van der Waals surface area (Å²) in [7, 11) is 1.67. The van der Waals surface area contributed by atoms with Gasteiger partial charge in [-0.15, -0.1) is 0 Å². The van der Waals surface area contributed by atoms with Gasteiger partial charge in [-0.3, -0.25) is 9.69 Å². The number of aryl methyl sites for hydroxylation is 1. The Hall–Kier alpha value is -3.19. The number of hydrogen-bond acceptors (Lipinski definition) is 6. The molecule has 1 saturated heterocycles. The van der Waals surface area contributed by atoms with Gasteiger partial charge in [0, 0.05) is 18.0 Å². The third-order valence-corrected chi connectivity index (χ3v) is 5.92. The maximum atomic E-state index is 12.5. The highest BCUT2D eigenvalue weighted by atomic mass is 16.5. The third kappa shape index (κ3) is 5.95. The maximum Gasteiger partial charge on any atom is 0.241 e. The molecule has 2 aromatic carbocycles. The number of carbonyl (C=O) groups excluding carboxylic acids is 1. The summed E-state index contributed by atoms with van der Waals surface area (Å²) in [5.41, 5.74) is 2.20. The monoisotopic (exact) mass is 434 g/mol. The summed E-state index contributed by atoms with van der Waals surface area (Å²) in [5.74, 6) is 2.34. The van der Waals surface area contributed by atoms with E-state index in [0.717, 1.165) is 50.1 Å². The number of amides is 1. The van der Waals surface area contributed by atoms with Crippen LogP contribution in [0.2, 0.25) is 0 Å². The van der Waals surface area contributed by atoms with Crippen LogP contribution in [0.1, 0.15) is 30.7 Å². The first-order valence-electron chi connectivity index (χ1n) is 11.2. The Labute approximate surface area is 188 Å². The van der Waals surface area contributed by atoms with Crippen molar-refractivity contribution in [1.82, 2.24) is 20.4 Å². The van der Waals surface area contributed by atoms with Crippen LogP contribution in [0.25, 0.3) is 11.4 Å². The predicted molar refractivity (Wildman–Crippen MR) is 122 cm³/mol. The van der Waals surface area contributed by atoms with E-state index < -0.39 is 0 Å². The van der Waals surface area contributed by atoms with E-state index in [1.165, 1.54) is 5.56 Å². The fourth-order valence-corrected chi connectivity index (χ4v) is 4.01. The number of likely N-dealkylation sites (tertiary alicyclic amines) is 1. The molecule has 32 heavy (non-hydrogen) atoms. The Morgan fingerprint density at radius 2 is 1.88 bits per heavy atom. The summed E-state index contributed by atoms with van der Waals surface area (Å²) >= 11 is 0. The molecule has 0 aliphatic carbocycles. The van der Waals surface area contributed by atoms with Crippen LogP contribution in [0.3, 0.4) is 0 Å². The van der Waals surface area contributed by atoms with E-state index in [1.807, 2.05) is 42.5 Å². The highest BCUT2D eigenvalue weighted by Crippen LogP contribution is 2.20. The van der Waals surface area contributed by atoms with Gasteiger partial charge in [-0.05, 0) is 56.5 Å². The second-order valence-electron chi connectivity index (χ2n) is 8.17. The Kier molecular flexibility index (Phi) is 7.51. The van der Waals surface area contributed by atoms with Crippen molar-refractivity contribution in [3.63, 3.8) is 0 Å². The lowest BCUT2D eigenvalue weighted by Gasteiger charge is -2.30. The standard InChI is InChI=1S/C25H30N4O3/c1-31-22-11-9-19(10-12-22)6-5-15-26-25(30)21-13-16-29(17-14-21)18-23-27-24(28-32-23)20-7-3-2-4-8-20/h2-4,7-12,21H,5-6,13-18H2,1H3,(H,26,30). The number of carbonyl (C=O) groups is 1. The SMILES string of the molecule is COc1ccc(CCCNC(=O)C2CCN(Cc3nc(-c4ccccc4)no3)CC2)cc1. The van der Waals surface area contributed by atoms with Gasteiger partial charge in [0.1, 0.15) is 5.75 Å². The van der Waals surface area contributed by atoms with Gasteiger partial charge in [0.15, 0.2) is 0 Å². The molecule has 1 aromatic heterocycles. The molecular formula is C25H30N4O3. The molecule has 1 aliphatic rings. The van der Waals surface area contributed by atoms with Crippen molar-refractivity contribution in [2.75, 3.05) is 26.7 Å². The van der Waals surface area contributed by atoms with Gasteiger partial charge in [0.05, 0.1) is 13.7 Å². The van der Waals surface area contributed by atoms with Crippen molar-refractivity contribution >= 4 is 5.91 Å². The van der Waals surface area contributed by atoms with E-state index in [1.54, 1.807) is 7.11 Å². The molecule has 1 N–H and O–H groups in total. The molecule has 0 saturated carbocycles. The minimum atomic E-state index is 0.0785. The van der Waals surface area contributed by atoms with E-state index in [2.05, 4.69) is 32.5 Å². The van der Waals surface area contributed by atoms with Gasteiger partial charge < -0.3 is 14.6 Å². The van der Waals surface area contributed by atoms with Crippen LogP contribution in [-0.4, -0.2) is 47.7 Å². The highest BCUT2D eigenvalue weighted by molar-refractivity contribution is 5.78. The predicted octanol–water partition coefficient (Wildman–Crippen LogP) is 3.71. The van der Waals surface area contributed by atoms with Crippen molar-refractivity contribution in [2.45, 2.75) is 32.2 Å². The Bertz CT molecular complexity index is 980. The second-order valence-corrected chi connectivity index (χ2v) is 8.17. The number of nitrogens with one attached hydrogen (secondary N) is 1. The van der Waals surface area contributed by atoms with E-state index in [-0.39, 0.29) is 11.8 Å². The molecule has 3 aromatic rings. The van der Waals surface area contributed by atoms with Gasteiger partial charge >= 0.3 is 0 Å². The highest BCUT2D eigenvalue weighted by Gasteiger charge is 2.25. The molecule has 0 radical (unpaired) electrons. The summed E-state index contributed by atoms with van der Waals surface area (Å²) in [6.45, 7) is 3.03. The van der Waals surface area contributed by atoms with Crippen LogP contribution in [0.5, 0.6) is 5.75 Å². The molecule has 1 fully saturated rings. The lowest BCUT2D eigenvalue weighted by molar-refractivity contribution is -0.126. The van der Waals surface area contributed by atoms with E-state index in [0.29, 0.717) is 24.8 Å². The molecule has 0 spiro atoms. The number of benzene rings is 2. The van der Waals surface area contributed by atoms with Gasteiger partial charge in [0.2, 0.25) is 17.6 Å². The number of piperidine rings is 1. The molecule has 0 atom stereocenters. The van der Waals surface area contributed by atoms with Crippen molar-refractivity contribution in [3.8, 4) is 17.1 Å². The summed E-state index contributed by atoms with van der Waals surface area (Å²) in [6.07, 6.45) is 3.57. The number of ether oxygens (including phenoxy) is 1. The number of methoxy groups -OCH3 is 1. The summed E-state index contributed by atoms with van der Waals surface area (Å²) in [6, 6.07) is 17.9. The number of aromatic nitrogens is 2. The van der Waals surface area contributed by atoms with Crippen molar-refractivity contribution in [2.24, 2.45) is 5.92 Å². The Morgan fingerprint density at radius 3 is 2.59 bits per heavy atom. The minimum absolute atomic E-state index is 0.0785. The fourth-order valence-electron chi connectivity index (χ4n) is 4.01. The molecule has 168 valence electrons. The maximum absolute atomic E-state index is 12.5. The zero-order valence-electron chi connectivity index (χ0n) is 18.5. The lowest BCUT2D eigenvalue weighted by atomic mass is 9.96. The normalized spacial score (nSPS) is 14.9. The van der Waals surface area contributed by atoms with Crippen LogP contribution in [-0.2, 0) is 17.8 Å². The molecule has 0 unspecified atom stereocenters. The molecular weight excluding hydrogens is 404 g/mol. The number of hydrogen-bond donors (Lipinski definition) is 1. The van der Waals surface area contributed by atoms with Crippen molar-refractivity contribution < 1.29 is 14.1 Å².